The lowest BCUT2D eigenvalue weighted by molar-refractivity contribution is -0.113. The van der Waals surface area contributed by atoms with Crippen LogP contribution in [0, 0.1) is 0 Å². The summed E-state index contributed by atoms with van der Waals surface area (Å²) in [6.07, 6.45) is 2.99. The summed E-state index contributed by atoms with van der Waals surface area (Å²) in [7, 11) is 0. The quantitative estimate of drug-likeness (QED) is 0.222. The zero-order valence-corrected chi connectivity index (χ0v) is 22.3. The van der Waals surface area contributed by atoms with Gasteiger partial charge in [-0.2, -0.15) is 0 Å². The highest BCUT2D eigenvalue weighted by Crippen LogP contribution is 2.36. The van der Waals surface area contributed by atoms with Gasteiger partial charge in [0.2, 0.25) is 5.91 Å². The number of amides is 1. The molecule has 2 aromatic heterocycles. The van der Waals surface area contributed by atoms with Crippen LogP contribution in [0.3, 0.4) is 0 Å². The van der Waals surface area contributed by atoms with Crippen LogP contribution < -0.4 is 15.6 Å². The van der Waals surface area contributed by atoms with E-state index in [4.69, 9.17) is 9.72 Å². The van der Waals surface area contributed by atoms with Crippen molar-refractivity contribution >= 4 is 44.9 Å². The van der Waals surface area contributed by atoms with E-state index in [1.807, 2.05) is 55.5 Å². The van der Waals surface area contributed by atoms with Gasteiger partial charge in [0.25, 0.3) is 5.56 Å². The number of benzene rings is 2. The second kappa shape index (κ2) is 10.5. The first-order chi connectivity index (χ1) is 17.4. The molecule has 186 valence electrons. The summed E-state index contributed by atoms with van der Waals surface area (Å²) in [5.41, 5.74) is 3.76. The number of anilines is 1. The van der Waals surface area contributed by atoms with Crippen molar-refractivity contribution < 1.29 is 9.53 Å². The summed E-state index contributed by atoms with van der Waals surface area (Å²) in [6, 6.07) is 15.4. The number of rotatable bonds is 8. The molecule has 0 saturated carbocycles. The Morgan fingerprint density at radius 3 is 2.58 bits per heavy atom. The van der Waals surface area contributed by atoms with E-state index >= 15 is 0 Å². The van der Waals surface area contributed by atoms with Gasteiger partial charge in [0.15, 0.2) is 5.16 Å². The highest BCUT2D eigenvalue weighted by atomic mass is 32.2. The Bertz CT molecular complexity index is 1450. The molecule has 4 aromatic rings. The molecule has 8 heteroatoms. The Hall–Kier alpha value is -3.10. The molecule has 0 spiro atoms. The van der Waals surface area contributed by atoms with Crippen LogP contribution >= 0.6 is 23.1 Å². The van der Waals surface area contributed by atoms with Crippen molar-refractivity contribution in [2.24, 2.45) is 0 Å². The molecule has 1 aliphatic rings. The lowest BCUT2D eigenvalue weighted by Crippen LogP contribution is -2.23. The molecule has 0 radical (unpaired) electrons. The molecule has 2 heterocycles. The number of hydrogen-bond donors (Lipinski definition) is 1. The average Bonchev–Trinajstić information content (AvgIpc) is 3.45. The van der Waals surface area contributed by atoms with E-state index < -0.39 is 0 Å². The first-order valence-electron chi connectivity index (χ1n) is 12.3. The summed E-state index contributed by atoms with van der Waals surface area (Å²) >= 11 is 2.89. The topological polar surface area (TPSA) is 73.2 Å². The van der Waals surface area contributed by atoms with E-state index in [9.17, 15) is 9.59 Å². The summed E-state index contributed by atoms with van der Waals surface area (Å²) in [6.45, 7) is 6.79. The fourth-order valence-corrected chi connectivity index (χ4v) is 6.60. The largest absolute Gasteiger partial charge is 0.494 e. The average molecular weight is 520 g/mol. The van der Waals surface area contributed by atoms with Crippen molar-refractivity contribution in [3.05, 3.63) is 74.9 Å². The van der Waals surface area contributed by atoms with Gasteiger partial charge in [-0.25, -0.2) is 4.98 Å². The van der Waals surface area contributed by atoms with Crippen molar-refractivity contribution in [2.75, 3.05) is 17.7 Å². The molecule has 5 rings (SSSR count). The van der Waals surface area contributed by atoms with Crippen LogP contribution in [-0.2, 0) is 17.6 Å². The summed E-state index contributed by atoms with van der Waals surface area (Å²) < 4.78 is 7.21. The maximum atomic E-state index is 13.8. The van der Waals surface area contributed by atoms with Gasteiger partial charge < -0.3 is 10.1 Å². The molecule has 1 aliphatic carbocycles. The number of aromatic nitrogens is 2. The van der Waals surface area contributed by atoms with E-state index in [-0.39, 0.29) is 17.2 Å². The first-order valence-corrected chi connectivity index (χ1v) is 14.1. The SMILES string of the molecule is CCOc1ccc(-n2c(SCC(=O)Nc3ccc(C(C)C)cc3)nc3sc4c(c3c2=O)CCC4)cc1. The lowest BCUT2D eigenvalue weighted by Gasteiger charge is -2.13. The minimum Gasteiger partial charge on any atom is -0.494 e. The Morgan fingerprint density at radius 1 is 1.14 bits per heavy atom. The molecular weight excluding hydrogens is 490 g/mol. The van der Waals surface area contributed by atoms with Gasteiger partial charge in [0.05, 0.1) is 23.4 Å². The highest BCUT2D eigenvalue weighted by Gasteiger charge is 2.24. The maximum absolute atomic E-state index is 13.8. The molecule has 0 saturated heterocycles. The molecule has 1 N–H and O–H groups in total. The molecule has 0 atom stereocenters. The molecule has 0 aliphatic heterocycles. The van der Waals surface area contributed by atoms with Gasteiger partial charge in [-0.15, -0.1) is 11.3 Å². The number of nitrogens with one attached hydrogen (secondary N) is 1. The molecular formula is C28H29N3O3S2. The fourth-order valence-electron chi connectivity index (χ4n) is 4.49. The summed E-state index contributed by atoms with van der Waals surface area (Å²) in [5.74, 6) is 1.19. The van der Waals surface area contributed by atoms with E-state index in [1.165, 1.54) is 22.2 Å². The van der Waals surface area contributed by atoms with Gasteiger partial charge in [-0.05, 0) is 79.6 Å². The van der Waals surface area contributed by atoms with Gasteiger partial charge in [-0.3, -0.25) is 14.2 Å². The molecule has 0 bridgehead atoms. The van der Waals surface area contributed by atoms with E-state index in [0.717, 1.165) is 46.5 Å². The van der Waals surface area contributed by atoms with Gasteiger partial charge >= 0.3 is 0 Å². The molecule has 2 aromatic carbocycles. The smallest absolute Gasteiger partial charge is 0.267 e. The number of hydrogen-bond acceptors (Lipinski definition) is 6. The van der Waals surface area contributed by atoms with Crippen LogP contribution in [0.25, 0.3) is 15.9 Å². The van der Waals surface area contributed by atoms with Crippen molar-refractivity contribution in [1.82, 2.24) is 9.55 Å². The minimum absolute atomic E-state index is 0.0734. The second-order valence-electron chi connectivity index (χ2n) is 9.11. The number of nitrogens with zero attached hydrogens (tertiary/aromatic N) is 2. The Balaban J connectivity index is 1.44. The van der Waals surface area contributed by atoms with Gasteiger partial charge in [0.1, 0.15) is 10.6 Å². The molecule has 0 fully saturated rings. The fraction of sp³-hybridized carbons (Fsp3) is 0.321. The van der Waals surface area contributed by atoms with Crippen molar-refractivity contribution in [3.8, 4) is 11.4 Å². The van der Waals surface area contributed by atoms with Crippen LogP contribution in [0.1, 0.15) is 49.1 Å². The number of aryl methyl sites for hydroxylation is 2. The molecule has 6 nitrogen and oxygen atoms in total. The van der Waals surface area contributed by atoms with E-state index in [2.05, 4.69) is 19.2 Å². The number of thiophene rings is 1. The van der Waals surface area contributed by atoms with Crippen LogP contribution in [-0.4, -0.2) is 27.8 Å². The first kappa shape index (κ1) is 24.6. The number of carbonyl (C=O) groups is 1. The molecule has 36 heavy (non-hydrogen) atoms. The van der Waals surface area contributed by atoms with Crippen molar-refractivity contribution in [2.45, 2.75) is 51.1 Å². The van der Waals surface area contributed by atoms with E-state index in [0.29, 0.717) is 23.4 Å². The predicted octanol–water partition coefficient (Wildman–Crippen LogP) is 6.19. The van der Waals surface area contributed by atoms with Crippen LogP contribution in [0.2, 0.25) is 0 Å². The Kier molecular flexibility index (Phi) is 7.16. The van der Waals surface area contributed by atoms with E-state index in [1.54, 1.807) is 15.9 Å². The van der Waals surface area contributed by atoms with Gasteiger partial charge in [-0.1, -0.05) is 37.7 Å². The van der Waals surface area contributed by atoms with Crippen molar-refractivity contribution in [3.63, 3.8) is 0 Å². The van der Waals surface area contributed by atoms with Crippen LogP contribution in [0.15, 0.2) is 58.5 Å². The third kappa shape index (κ3) is 4.92. The third-order valence-corrected chi connectivity index (χ3v) is 8.43. The van der Waals surface area contributed by atoms with Gasteiger partial charge in [0, 0.05) is 10.6 Å². The molecule has 1 amide bonds. The zero-order valence-electron chi connectivity index (χ0n) is 20.7. The maximum Gasteiger partial charge on any atom is 0.267 e. The standard InChI is InChI=1S/C28H29N3O3S2/c1-4-34-21-14-12-20(13-15-21)31-27(33)25-22-6-5-7-23(22)36-26(25)30-28(31)35-16-24(32)29-19-10-8-18(9-11-19)17(2)3/h8-15,17H,4-7,16H2,1-3H3,(H,29,32). The number of fused-ring (bicyclic) bond motifs is 3. The van der Waals surface area contributed by atoms with Crippen LogP contribution in [0.4, 0.5) is 5.69 Å². The Labute approximate surface area is 218 Å². The second-order valence-corrected chi connectivity index (χ2v) is 11.1. The zero-order chi connectivity index (χ0) is 25.2. The van der Waals surface area contributed by atoms with Crippen molar-refractivity contribution in [1.29, 1.82) is 0 Å². The highest BCUT2D eigenvalue weighted by molar-refractivity contribution is 7.99. The minimum atomic E-state index is -0.140. The number of carbonyl (C=O) groups excluding carboxylic acids is 1. The summed E-state index contributed by atoms with van der Waals surface area (Å²) in [4.78, 5) is 33.5. The number of ether oxygens (including phenoxy) is 1. The number of thioether (sulfide) groups is 1. The summed E-state index contributed by atoms with van der Waals surface area (Å²) in [5, 5.41) is 4.19. The lowest BCUT2D eigenvalue weighted by atomic mass is 10.0. The monoisotopic (exact) mass is 519 g/mol. The van der Waals surface area contributed by atoms with Crippen LogP contribution in [0.5, 0.6) is 5.75 Å². The third-order valence-electron chi connectivity index (χ3n) is 6.31. The molecule has 0 unspecified atom stereocenters. The predicted molar refractivity (Wildman–Crippen MR) is 148 cm³/mol. The normalized spacial score (nSPS) is 12.8. The Morgan fingerprint density at radius 2 is 1.89 bits per heavy atom.